The van der Waals surface area contributed by atoms with Gasteiger partial charge in [0.25, 0.3) is 0 Å². The Morgan fingerprint density at radius 1 is 0.875 bits per heavy atom. The van der Waals surface area contributed by atoms with Crippen molar-refractivity contribution in [2.24, 2.45) is 0 Å². The third kappa shape index (κ3) is 5.15. The zero-order valence-electron chi connectivity index (χ0n) is 20.6. The Kier molecular flexibility index (Phi) is 7.96. The molecular formula is C31H39N. The molecule has 1 heteroatoms. The van der Waals surface area contributed by atoms with E-state index >= 15 is 0 Å². The fourth-order valence-corrected chi connectivity index (χ4v) is 4.52. The summed E-state index contributed by atoms with van der Waals surface area (Å²) >= 11 is 0. The van der Waals surface area contributed by atoms with Crippen LogP contribution in [0.15, 0.2) is 79.4 Å². The van der Waals surface area contributed by atoms with Crippen LogP contribution in [0.5, 0.6) is 0 Å². The van der Waals surface area contributed by atoms with E-state index in [0.717, 1.165) is 24.1 Å². The summed E-state index contributed by atoms with van der Waals surface area (Å²) in [5.74, 6) is 0.575. The molecule has 3 rings (SSSR count). The number of hydrogen-bond acceptors (Lipinski definition) is 1. The van der Waals surface area contributed by atoms with Crippen molar-refractivity contribution in [2.75, 3.05) is 4.90 Å². The van der Waals surface area contributed by atoms with Crippen molar-refractivity contribution in [3.8, 4) is 0 Å². The van der Waals surface area contributed by atoms with Gasteiger partial charge in [0.1, 0.15) is 0 Å². The molecule has 0 aliphatic heterocycles. The monoisotopic (exact) mass is 425 g/mol. The Labute approximate surface area is 195 Å². The largest absolute Gasteiger partial charge is 0.310 e. The Morgan fingerprint density at radius 3 is 2.03 bits per heavy atom. The lowest BCUT2D eigenvalue weighted by molar-refractivity contribution is 0.414. The normalized spacial score (nSPS) is 13.9. The molecule has 0 bridgehead atoms. The van der Waals surface area contributed by atoms with E-state index in [9.17, 15) is 0 Å². The highest BCUT2D eigenvalue weighted by Crippen LogP contribution is 2.38. The molecule has 0 heterocycles. The summed E-state index contributed by atoms with van der Waals surface area (Å²) in [7, 11) is 0. The van der Waals surface area contributed by atoms with Crippen molar-refractivity contribution < 1.29 is 0 Å². The Hall–Kier alpha value is -2.80. The number of hydrogen-bond donors (Lipinski definition) is 0. The van der Waals surface area contributed by atoms with E-state index in [1.807, 2.05) is 6.08 Å². The van der Waals surface area contributed by atoms with Crippen LogP contribution >= 0.6 is 0 Å². The van der Waals surface area contributed by atoms with Crippen LogP contribution in [-0.4, -0.2) is 0 Å². The predicted octanol–water partition coefficient (Wildman–Crippen LogP) is 9.78. The minimum atomic E-state index is 0.235. The van der Waals surface area contributed by atoms with Crippen molar-refractivity contribution in [3.05, 3.63) is 96.1 Å². The highest BCUT2D eigenvalue weighted by Gasteiger charge is 2.24. The summed E-state index contributed by atoms with van der Waals surface area (Å²) in [6.07, 6.45) is 6.64. The van der Waals surface area contributed by atoms with Crippen LogP contribution in [0.2, 0.25) is 0 Å². The first-order valence-corrected chi connectivity index (χ1v) is 12.2. The maximum atomic E-state index is 3.96. The molecule has 0 aromatic heterocycles. The lowest BCUT2D eigenvalue weighted by Crippen LogP contribution is -2.20. The lowest BCUT2D eigenvalue weighted by atomic mass is 9.76. The van der Waals surface area contributed by atoms with E-state index in [2.05, 4.69) is 119 Å². The first-order chi connectivity index (χ1) is 15.5. The highest BCUT2D eigenvalue weighted by molar-refractivity contribution is 5.78. The van der Waals surface area contributed by atoms with Crippen molar-refractivity contribution in [1.82, 2.24) is 0 Å². The molecule has 3 aromatic rings. The number of anilines is 3. The first kappa shape index (κ1) is 23.9. The number of benzene rings is 3. The maximum Gasteiger partial charge on any atom is 0.0467 e. The molecule has 0 radical (unpaired) electrons. The number of nitrogens with zero attached hydrogens (tertiary/aromatic N) is 1. The topological polar surface area (TPSA) is 3.24 Å². The summed E-state index contributed by atoms with van der Waals surface area (Å²) in [6.45, 7) is 15.5. The summed E-state index contributed by atoms with van der Waals surface area (Å²) < 4.78 is 0. The van der Waals surface area contributed by atoms with Crippen LogP contribution in [0.3, 0.4) is 0 Å². The second-order valence-electron chi connectivity index (χ2n) is 9.25. The van der Waals surface area contributed by atoms with Gasteiger partial charge in [-0.2, -0.15) is 0 Å². The molecule has 3 aromatic carbocycles. The summed E-state index contributed by atoms with van der Waals surface area (Å²) in [5.41, 5.74) is 7.69. The van der Waals surface area contributed by atoms with E-state index in [4.69, 9.17) is 0 Å². The second-order valence-corrected chi connectivity index (χ2v) is 9.25. The van der Waals surface area contributed by atoms with Gasteiger partial charge in [0.2, 0.25) is 0 Å². The molecule has 168 valence electrons. The van der Waals surface area contributed by atoms with Gasteiger partial charge in [-0.25, -0.2) is 0 Å². The Morgan fingerprint density at radius 2 is 1.50 bits per heavy atom. The van der Waals surface area contributed by atoms with Crippen LogP contribution < -0.4 is 4.90 Å². The van der Waals surface area contributed by atoms with E-state index < -0.39 is 0 Å². The van der Waals surface area contributed by atoms with Crippen molar-refractivity contribution in [3.63, 3.8) is 0 Å². The molecule has 0 saturated heterocycles. The zero-order valence-corrected chi connectivity index (χ0v) is 20.6. The predicted molar refractivity (Wildman–Crippen MR) is 142 cm³/mol. The summed E-state index contributed by atoms with van der Waals surface area (Å²) in [6, 6.07) is 26.9. The van der Waals surface area contributed by atoms with Gasteiger partial charge in [-0.05, 0) is 83.7 Å². The molecular weight excluding hydrogens is 386 g/mol. The molecule has 0 spiro atoms. The quantitative estimate of drug-likeness (QED) is 0.312. The maximum absolute atomic E-state index is 3.96. The molecule has 32 heavy (non-hydrogen) atoms. The first-order valence-electron chi connectivity index (χ1n) is 12.2. The molecule has 0 saturated carbocycles. The minimum Gasteiger partial charge on any atom is -0.310 e. The van der Waals surface area contributed by atoms with E-state index in [0.29, 0.717) is 5.92 Å². The average molecular weight is 426 g/mol. The molecule has 2 atom stereocenters. The fraction of sp³-hybridized carbons (Fsp3) is 0.355. The third-order valence-electron chi connectivity index (χ3n) is 7.10. The molecule has 0 aliphatic carbocycles. The summed E-state index contributed by atoms with van der Waals surface area (Å²) in [4.78, 5) is 2.35. The minimum absolute atomic E-state index is 0.235. The van der Waals surface area contributed by atoms with Gasteiger partial charge in [-0.3, -0.25) is 0 Å². The molecule has 1 nitrogen and oxygen atoms in total. The van der Waals surface area contributed by atoms with Gasteiger partial charge in [-0.15, -0.1) is 0 Å². The lowest BCUT2D eigenvalue weighted by Gasteiger charge is -2.30. The van der Waals surface area contributed by atoms with E-state index in [1.165, 1.54) is 35.3 Å². The van der Waals surface area contributed by atoms with Crippen molar-refractivity contribution in [2.45, 2.75) is 71.6 Å². The van der Waals surface area contributed by atoms with Crippen LogP contribution in [-0.2, 0) is 5.41 Å². The average Bonchev–Trinajstić information content (AvgIpc) is 2.84. The van der Waals surface area contributed by atoms with Crippen LogP contribution in [0.4, 0.5) is 17.1 Å². The highest BCUT2D eigenvalue weighted by atomic mass is 15.1. The molecule has 0 fully saturated rings. The zero-order chi connectivity index (χ0) is 23.1. The van der Waals surface area contributed by atoms with Gasteiger partial charge >= 0.3 is 0 Å². The van der Waals surface area contributed by atoms with Gasteiger partial charge in [0.05, 0.1) is 0 Å². The fourth-order valence-electron chi connectivity index (χ4n) is 4.52. The molecule has 0 aliphatic rings. The van der Waals surface area contributed by atoms with Gasteiger partial charge in [0, 0.05) is 17.1 Å². The SMILES string of the molecule is C=Cc1cccc(N(c2ccc(C(C)CC)cc2)c2ccc(C(C)(CC)CCC)cc2)c1. The van der Waals surface area contributed by atoms with E-state index in [1.54, 1.807) is 0 Å². The van der Waals surface area contributed by atoms with Crippen LogP contribution in [0, 0.1) is 0 Å². The van der Waals surface area contributed by atoms with Gasteiger partial charge < -0.3 is 4.90 Å². The van der Waals surface area contributed by atoms with Crippen LogP contribution in [0.1, 0.15) is 82.9 Å². The molecule has 2 unspecified atom stereocenters. The third-order valence-corrected chi connectivity index (χ3v) is 7.10. The summed E-state index contributed by atoms with van der Waals surface area (Å²) in [5, 5.41) is 0. The molecule has 0 amide bonds. The standard InChI is InChI=1S/C31H39N/c1-7-22-31(6,10-4)27-16-20-29(21-17-27)32(30-13-11-12-25(9-3)23-30)28-18-14-26(15-19-28)24(5)8-2/h9,11-21,23-24H,3,7-8,10,22H2,1-2,4-6H3. The Balaban J connectivity index is 2.06. The smallest absolute Gasteiger partial charge is 0.0467 e. The van der Waals surface area contributed by atoms with Crippen molar-refractivity contribution in [1.29, 1.82) is 0 Å². The van der Waals surface area contributed by atoms with E-state index in [-0.39, 0.29) is 5.41 Å². The second kappa shape index (κ2) is 10.7. The van der Waals surface area contributed by atoms with Crippen LogP contribution in [0.25, 0.3) is 6.08 Å². The molecule has 0 N–H and O–H groups in total. The van der Waals surface area contributed by atoms with Gasteiger partial charge in [0.15, 0.2) is 0 Å². The van der Waals surface area contributed by atoms with Crippen molar-refractivity contribution >= 4 is 23.1 Å². The van der Waals surface area contributed by atoms with Gasteiger partial charge in [-0.1, -0.05) is 90.1 Å². The number of rotatable bonds is 10. The Bertz CT molecular complexity index is 999.